The summed E-state index contributed by atoms with van der Waals surface area (Å²) in [5.74, 6) is 0. The largest absolute Gasteiger partial charge is 0.342 e. The van der Waals surface area contributed by atoms with E-state index in [9.17, 15) is 9.18 Å². The first-order valence-corrected chi connectivity index (χ1v) is 5.39. The van der Waals surface area contributed by atoms with Crippen molar-refractivity contribution in [1.29, 1.82) is 0 Å². The van der Waals surface area contributed by atoms with E-state index in [-0.39, 0.29) is 12.2 Å². The Kier molecular flexibility index (Phi) is 3.03. The van der Waals surface area contributed by atoms with Gasteiger partial charge < -0.3 is 9.55 Å². The van der Waals surface area contributed by atoms with Crippen LogP contribution in [0.3, 0.4) is 0 Å². The highest BCUT2D eigenvalue weighted by molar-refractivity contribution is 5.78. The molecule has 4 nitrogen and oxygen atoms in total. The molecule has 0 aromatic carbocycles. The molecule has 2 rings (SSSR count). The lowest BCUT2D eigenvalue weighted by atomic mass is 10.2. The van der Waals surface area contributed by atoms with Gasteiger partial charge in [0.1, 0.15) is 5.52 Å². The molecule has 2 aromatic heterocycles. The maximum atomic E-state index is 12.2. The van der Waals surface area contributed by atoms with Crippen molar-refractivity contribution >= 4 is 11.0 Å². The van der Waals surface area contributed by atoms with Crippen LogP contribution < -0.4 is 5.56 Å². The summed E-state index contributed by atoms with van der Waals surface area (Å²) in [5, 5.41) is 0. The molecule has 0 aliphatic heterocycles. The first kappa shape index (κ1) is 10.9. The van der Waals surface area contributed by atoms with Crippen LogP contribution in [-0.2, 0) is 13.0 Å². The number of aryl methyl sites for hydroxylation is 2. The van der Waals surface area contributed by atoms with E-state index in [2.05, 4.69) is 9.97 Å². The highest BCUT2D eigenvalue weighted by Gasteiger charge is 2.11. The molecule has 0 spiro atoms. The SMILES string of the molecule is CCn1cc(CCCF)c2nc[nH]c(=O)c21. The van der Waals surface area contributed by atoms with Crippen molar-refractivity contribution in [2.45, 2.75) is 26.3 Å². The fourth-order valence-corrected chi connectivity index (χ4v) is 1.90. The predicted molar refractivity (Wildman–Crippen MR) is 60.3 cm³/mol. The molecule has 0 unspecified atom stereocenters. The van der Waals surface area contributed by atoms with E-state index < -0.39 is 0 Å². The van der Waals surface area contributed by atoms with Gasteiger partial charge in [-0.25, -0.2) is 4.98 Å². The molecule has 0 amide bonds. The van der Waals surface area contributed by atoms with E-state index in [0.717, 1.165) is 5.56 Å². The van der Waals surface area contributed by atoms with Crippen LogP contribution in [0.2, 0.25) is 0 Å². The van der Waals surface area contributed by atoms with Gasteiger partial charge in [0.05, 0.1) is 18.5 Å². The summed E-state index contributed by atoms with van der Waals surface area (Å²) in [6.07, 6.45) is 4.37. The van der Waals surface area contributed by atoms with Crippen LogP contribution in [0.4, 0.5) is 4.39 Å². The lowest BCUT2D eigenvalue weighted by molar-refractivity contribution is 0.473. The fourth-order valence-electron chi connectivity index (χ4n) is 1.90. The number of halogens is 1. The molecule has 5 heteroatoms. The first-order chi connectivity index (χ1) is 7.77. The zero-order valence-electron chi connectivity index (χ0n) is 9.16. The lowest BCUT2D eigenvalue weighted by Crippen LogP contribution is -2.10. The van der Waals surface area contributed by atoms with Crippen molar-refractivity contribution in [3.63, 3.8) is 0 Å². The van der Waals surface area contributed by atoms with Crippen molar-refractivity contribution in [3.05, 3.63) is 28.4 Å². The predicted octanol–water partition coefficient (Wildman–Crippen LogP) is 1.65. The topological polar surface area (TPSA) is 50.7 Å². The Morgan fingerprint density at radius 3 is 3.06 bits per heavy atom. The third kappa shape index (κ3) is 1.73. The summed E-state index contributed by atoms with van der Waals surface area (Å²) < 4.78 is 14.0. The smallest absolute Gasteiger partial charge is 0.275 e. The summed E-state index contributed by atoms with van der Waals surface area (Å²) in [5.41, 5.74) is 2.08. The van der Waals surface area contributed by atoms with Crippen molar-refractivity contribution in [2.75, 3.05) is 6.67 Å². The normalized spacial score (nSPS) is 11.1. The molecule has 2 aromatic rings. The number of H-pyrrole nitrogens is 1. The van der Waals surface area contributed by atoms with Gasteiger partial charge in [-0.2, -0.15) is 0 Å². The van der Waals surface area contributed by atoms with Gasteiger partial charge in [-0.05, 0) is 25.3 Å². The van der Waals surface area contributed by atoms with Crippen molar-refractivity contribution in [3.8, 4) is 0 Å². The second-order valence-electron chi connectivity index (χ2n) is 3.66. The van der Waals surface area contributed by atoms with Gasteiger partial charge in [-0.1, -0.05) is 0 Å². The van der Waals surface area contributed by atoms with Crippen LogP contribution in [0.25, 0.3) is 11.0 Å². The second-order valence-corrected chi connectivity index (χ2v) is 3.66. The number of fused-ring (bicyclic) bond motifs is 1. The van der Waals surface area contributed by atoms with E-state index >= 15 is 0 Å². The van der Waals surface area contributed by atoms with E-state index in [4.69, 9.17) is 0 Å². The molecule has 0 bridgehead atoms. The molecular formula is C11H14FN3O. The molecule has 16 heavy (non-hydrogen) atoms. The van der Waals surface area contributed by atoms with Gasteiger partial charge in [0.25, 0.3) is 5.56 Å². The molecule has 0 aliphatic carbocycles. The number of aromatic nitrogens is 3. The van der Waals surface area contributed by atoms with Crippen LogP contribution in [0.5, 0.6) is 0 Å². The van der Waals surface area contributed by atoms with Gasteiger partial charge in [0.2, 0.25) is 0 Å². The molecule has 86 valence electrons. The molecule has 2 heterocycles. The quantitative estimate of drug-likeness (QED) is 0.856. The van der Waals surface area contributed by atoms with E-state index in [1.165, 1.54) is 6.33 Å². The van der Waals surface area contributed by atoms with Crippen molar-refractivity contribution < 1.29 is 4.39 Å². The van der Waals surface area contributed by atoms with E-state index in [0.29, 0.717) is 30.4 Å². The Morgan fingerprint density at radius 1 is 1.56 bits per heavy atom. The Morgan fingerprint density at radius 2 is 2.38 bits per heavy atom. The number of hydrogen-bond donors (Lipinski definition) is 1. The highest BCUT2D eigenvalue weighted by atomic mass is 19.1. The van der Waals surface area contributed by atoms with Gasteiger partial charge in [0.15, 0.2) is 0 Å². The zero-order valence-corrected chi connectivity index (χ0v) is 9.16. The van der Waals surface area contributed by atoms with Crippen molar-refractivity contribution in [2.24, 2.45) is 0 Å². The van der Waals surface area contributed by atoms with Crippen molar-refractivity contribution in [1.82, 2.24) is 14.5 Å². The molecule has 0 radical (unpaired) electrons. The Hall–Kier alpha value is -1.65. The van der Waals surface area contributed by atoms with Crippen LogP contribution in [0.15, 0.2) is 17.3 Å². The molecule has 0 saturated carbocycles. The van der Waals surface area contributed by atoms with E-state index in [1.807, 2.05) is 17.7 Å². The van der Waals surface area contributed by atoms with Gasteiger partial charge in [-0.15, -0.1) is 0 Å². The minimum absolute atomic E-state index is 0.140. The number of aromatic amines is 1. The maximum absolute atomic E-state index is 12.2. The molecule has 0 aliphatic rings. The molecular weight excluding hydrogens is 209 g/mol. The zero-order chi connectivity index (χ0) is 11.5. The standard InChI is InChI=1S/C11H14FN3O/c1-2-15-6-8(4-3-5-12)9-10(15)11(16)14-7-13-9/h6-7H,2-5H2,1H3,(H,13,14,16). The third-order valence-electron chi connectivity index (χ3n) is 2.65. The number of rotatable bonds is 4. The Balaban J connectivity index is 2.59. The molecule has 1 N–H and O–H groups in total. The Labute approximate surface area is 92.1 Å². The monoisotopic (exact) mass is 223 g/mol. The lowest BCUT2D eigenvalue weighted by Gasteiger charge is -1.96. The van der Waals surface area contributed by atoms with Crippen LogP contribution in [0.1, 0.15) is 18.9 Å². The van der Waals surface area contributed by atoms with Gasteiger partial charge in [0, 0.05) is 12.7 Å². The highest BCUT2D eigenvalue weighted by Crippen LogP contribution is 2.17. The van der Waals surface area contributed by atoms with Gasteiger partial charge >= 0.3 is 0 Å². The maximum Gasteiger partial charge on any atom is 0.275 e. The summed E-state index contributed by atoms with van der Waals surface area (Å²) in [7, 11) is 0. The molecule has 0 saturated heterocycles. The average Bonchev–Trinajstić information content (AvgIpc) is 2.66. The molecule has 0 atom stereocenters. The van der Waals surface area contributed by atoms with Crippen LogP contribution in [-0.4, -0.2) is 21.2 Å². The summed E-state index contributed by atoms with van der Waals surface area (Å²) in [6.45, 7) is 2.33. The number of alkyl halides is 1. The average molecular weight is 223 g/mol. The van der Waals surface area contributed by atoms with E-state index in [1.54, 1.807) is 0 Å². The minimum Gasteiger partial charge on any atom is -0.342 e. The summed E-state index contributed by atoms with van der Waals surface area (Å²) >= 11 is 0. The number of nitrogens with zero attached hydrogens (tertiary/aromatic N) is 2. The Bertz CT molecular complexity index is 544. The minimum atomic E-state index is -0.345. The summed E-state index contributed by atoms with van der Waals surface area (Å²) in [6, 6.07) is 0. The first-order valence-electron chi connectivity index (χ1n) is 5.39. The third-order valence-corrected chi connectivity index (χ3v) is 2.65. The fraction of sp³-hybridized carbons (Fsp3) is 0.455. The number of hydrogen-bond acceptors (Lipinski definition) is 2. The second kappa shape index (κ2) is 4.47. The van der Waals surface area contributed by atoms with Gasteiger partial charge in [-0.3, -0.25) is 9.18 Å². The van der Waals surface area contributed by atoms with Crippen LogP contribution >= 0.6 is 0 Å². The van der Waals surface area contributed by atoms with Crippen LogP contribution in [0, 0.1) is 0 Å². The summed E-state index contributed by atoms with van der Waals surface area (Å²) in [4.78, 5) is 18.4. The number of nitrogens with one attached hydrogen (secondary N) is 1. The molecule has 0 fully saturated rings.